The number of benzene rings is 1. The van der Waals surface area contributed by atoms with Crippen LogP contribution in [0.3, 0.4) is 0 Å². The van der Waals surface area contributed by atoms with Crippen LogP contribution in [0.5, 0.6) is 0 Å². The normalized spacial score (nSPS) is 27.3. The molecular formula is C16H21ClN2O2. The Labute approximate surface area is 130 Å². The van der Waals surface area contributed by atoms with Crippen LogP contribution in [0, 0.1) is 5.92 Å². The largest absolute Gasteiger partial charge is 0.381 e. The Kier molecular flexibility index (Phi) is 4.48. The molecule has 1 aromatic rings. The maximum atomic E-state index is 12.4. The standard InChI is InChI=1S/C16H21ClN2O2/c1-11-16(20)19(10-12-5-7-21-8-6-12)15(18-11)13-3-2-4-14(17)9-13/h2-4,9,11-12,15,18H,5-8,10H2,1H3. The number of nitrogens with zero attached hydrogens (tertiary/aromatic N) is 1. The molecule has 2 unspecified atom stereocenters. The molecule has 0 saturated carbocycles. The lowest BCUT2D eigenvalue weighted by molar-refractivity contribution is -0.130. The van der Waals surface area contributed by atoms with Gasteiger partial charge in [-0.2, -0.15) is 0 Å². The molecule has 0 bridgehead atoms. The molecule has 2 aliphatic rings. The molecule has 114 valence electrons. The maximum absolute atomic E-state index is 12.4. The fourth-order valence-corrected chi connectivity index (χ4v) is 3.33. The molecule has 21 heavy (non-hydrogen) atoms. The van der Waals surface area contributed by atoms with Gasteiger partial charge in [0.05, 0.1) is 6.04 Å². The number of carbonyl (C=O) groups excluding carboxylic acids is 1. The summed E-state index contributed by atoms with van der Waals surface area (Å²) in [5.41, 5.74) is 1.05. The molecule has 2 heterocycles. The minimum Gasteiger partial charge on any atom is -0.381 e. The van der Waals surface area contributed by atoms with Crippen LogP contribution in [0.4, 0.5) is 0 Å². The minimum absolute atomic E-state index is 0.0750. The zero-order valence-electron chi connectivity index (χ0n) is 12.2. The SMILES string of the molecule is CC1NC(c2cccc(Cl)c2)N(CC2CCOCC2)C1=O. The first-order valence-electron chi connectivity index (χ1n) is 7.55. The van der Waals surface area contributed by atoms with E-state index in [0.29, 0.717) is 10.9 Å². The second kappa shape index (κ2) is 6.34. The summed E-state index contributed by atoms with van der Waals surface area (Å²) in [5.74, 6) is 0.697. The van der Waals surface area contributed by atoms with E-state index in [9.17, 15) is 4.79 Å². The Morgan fingerprint density at radius 2 is 2.14 bits per heavy atom. The average molecular weight is 309 g/mol. The number of amides is 1. The quantitative estimate of drug-likeness (QED) is 0.933. The van der Waals surface area contributed by atoms with Crippen LogP contribution >= 0.6 is 11.6 Å². The Morgan fingerprint density at radius 3 is 2.86 bits per heavy atom. The lowest BCUT2D eigenvalue weighted by atomic mass is 9.99. The van der Waals surface area contributed by atoms with E-state index in [1.54, 1.807) is 0 Å². The third kappa shape index (κ3) is 3.23. The molecule has 0 spiro atoms. The van der Waals surface area contributed by atoms with Crippen LogP contribution in [0.1, 0.15) is 31.5 Å². The van der Waals surface area contributed by atoms with Crippen LogP contribution < -0.4 is 5.32 Å². The molecule has 0 radical (unpaired) electrons. The van der Waals surface area contributed by atoms with Gasteiger partial charge in [0.2, 0.25) is 5.91 Å². The van der Waals surface area contributed by atoms with E-state index in [1.807, 2.05) is 36.1 Å². The van der Waals surface area contributed by atoms with Gasteiger partial charge in [-0.1, -0.05) is 23.7 Å². The van der Waals surface area contributed by atoms with Gasteiger partial charge in [0, 0.05) is 24.8 Å². The monoisotopic (exact) mass is 308 g/mol. The summed E-state index contributed by atoms with van der Waals surface area (Å²) in [6.45, 7) is 4.32. The van der Waals surface area contributed by atoms with E-state index in [-0.39, 0.29) is 18.1 Å². The van der Waals surface area contributed by atoms with Crippen LogP contribution in [0.25, 0.3) is 0 Å². The molecular weight excluding hydrogens is 288 g/mol. The Bertz CT molecular complexity index is 517. The van der Waals surface area contributed by atoms with Crippen molar-refractivity contribution in [1.29, 1.82) is 0 Å². The van der Waals surface area contributed by atoms with E-state index in [2.05, 4.69) is 5.32 Å². The molecule has 2 atom stereocenters. The second-order valence-corrected chi connectivity index (χ2v) is 6.33. The Balaban J connectivity index is 1.78. The number of halogens is 1. The van der Waals surface area contributed by atoms with Crippen molar-refractivity contribution in [2.45, 2.75) is 32.0 Å². The summed E-state index contributed by atoms with van der Waals surface area (Å²) in [6, 6.07) is 7.59. The number of rotatable bonds is 3. The van der Waals surface area contributed by atoms with E-state index < -0.39 is 0 Å². The van der Waals surface area contributed by atoms with Crippen molar-refractivity contribution in [3.8, 4) is 0 Å². The van der Waals surface area contributed by atoms with Gasteiger partial charge in [-0.15, -0.1) is 0 Å². The number of hydrogen-bond acceptors (Lipinski definition) is 3. The predicted octanol–water partition coefficient (Wildman–Crippen LogP) is 2.59. The van der Waals surface area contributed by atoms with Crippen molar-refractivity contribution in [1.82, 2.24) is 10.2 Å². The van der Waals surface area contributed by atoms with Crippen LogP contribution in [-0.2, 0) is 9.53 Å². The molecule has 2 aliphatic heterocycles. The van der Waals surface area contributed by atoms with Gasteiger partial charge in [0.15, 0.2) is 0 Å². The zero-order chi connectivity index (χ0) is 14.8. The fourth-order valence-electron chi connectivity index (χ4n) is 3.13. The lowest BCUT2D eigenvalue weighted by Crippen LogP contribution is -2.36. The van der Waals surface area contributed by atoms with Crippen molar-refractivity contribution < 1.29 is 9.53 Å². The van der Waals surface area contributed by atoms with Crippen molar-refractivity contribution in [3.63, 3.8) is 0 Å². The first-order valence-corrected chi connectivity index (χ1v) is 7.92. The van der Waals surface area contributed by atoms with Crippen molar-refractivity contribution in [2.75, 3.05) is 19.8 Å². The maximum Gasteiger partial charge on any atom is 0.241 e. The van der Waals surface area contributed by atoms with Crippen LogP contribution in [0.15, 0.2) is 24.3 Å². The van der Waals surface area contributed by atoms with Gasteiger partial charge in [-0.3, -0.25) is 10.1 Å². The molecule has 3 rings (SSSR count). The van der Waals surface area contributed by atoms with E-state index in [0.717, 1.165) is 38.2 Å². The molecule has 1 N–H and O–H groups in total. The van der Waals surface area contributed by atoms with Crippen molar-refractivity contribution >= 4 is 17.5 Å². The van der Waals surface area contributed by atoms with E-state index >= 15 is 0 Å². The highest BCUT2D eigenvalue weighted by Crippen LogP contribution is 2.29. The first kappa shape index (κ1) is 14.8. The number of hydrogen-bond donors (Lipinski definition) is 1. The third-order valence-corrected chi connectivity index (χ3v) is 4.57. The highest BCUT2D eigenvalue weighted by molar-refractivity contribution is 6.30. The number of nitrogens with one attached hydrogen (secondary N) is 1. The molecule has 5 heteroatoms. The molecule has 1 amide bonds. The molecule has 2 saturated heterocycles. The highest BCUT2D eigenvalue weighted by Gasteiger charge is 2.38. The van der Waals surface area contributed by atoms with E-state index in [1.165, 1.54) is 0 Å². The van der Waals surface area contributed by atoms with Gasteiger partial charge < -0.3 is 9.64 Å². The smallest absolute Gasteiger partial charge is 0.241 e. The van der Waals surface area contributed by atoms with Crippen molar-refractivity contribution in [3.05, 3.63) is 34.9 Å². The molecule has 4 nitrogen and oxygen atoms in total. The topological polar surface area (TPSA) is 41.6 Å². The summed E-state index contributed by atoms with van der Waals surface area (Å²) in [7, 11) is 0. The minimum atomic E-state index is -0.145. The van der Waals surface area contributed by atoms with Crippen LogP contribution in [-0.4, -0.2) is 36.6 Å². The van der Waals surface area contributed by atoms with Gasteiger partial charge in [0.1, 0.15) is 6.17 Å². The summed E-state index contributed by atoms with van der Waals surface area (Å²) < 4.78 is 5.40. The number of ether oxygens (including phenoxy) is 1. The molecule has 2 fully saturated rings. The molecule has 0 aromatic heterocycles. The van der Waals surface area contributed by atoms with Gasteiger partial charge in [-0.25, -0.2) is 0 Å². The van der Waals surface area contributed by atoms with Crippen molar-refractivity contribution in [2.24, 2.45) is 5.92 Å². The van der Waals surface area contributed by atoms with Gasteiger partial charge in [-0.05, 0) is 43.4 Å². The molecule has 1 aromatic carbocycles. The first-order chi connectivity index (χ1) is 10.1. The Morgan fingerprint density at radius 1 is 1.38 bits per heavy atom. The summed E-state index contributed by atoms with van der Waals surface area (Å²) in [4.78, 5) is 14.4. The third-order valence-electron chi connectivity index (χ3n) is 4.33. The van der Waals surface area contributed by atoms with E-state index in [4.69, 9.17) is 16.3 Å². The summed E-state index contributed by atoms with van der Waals surface area (Å²) in [6.07, 6.45) is 1.98. The fraction of sp³-hybridized carbons (Fsp3) is 0.562. The van der Waals surface area contributed by atoms with Gasteiger partial charge >= 0.3 is 0 Å². The van der Waals surface area contributed by atoms with Crippen LogP contribution in [0.2, 0.25) is 5.02 Å². The highest BCUT2D eigenvalue weighted by atomic mass is 35.5. The zero-order valence-corrected chi connectivity index (χ0v) is 13.0. The predicted molar refractivity (Wildman–Crippen MR) is 82.0 cm³/mol. The number of carbonyl (C=O) groups is 1. The average Bonchev–Trinajstić information content (AvgIpc) is 2.77. The Hall–Kier alpha value is -1.10. The summed E-state index contributed by atoms with van der Waals surface area (Å²) in [5, 5.41) is 4.07. The second-order valence-electron chi connectivity index (χ2n) is 5.89. The lowest BCUT2D eigenvalue weighted by Gasteiger charge is -2.31. The summed E-state index contributed by atoms with van der Waals surface area (Å²) >= 11 is 6.09. The van der Waals surface area contributed by atoms with Gasteiger partial charge in [0.25, 0.3) is 0 Å². The molecule has 0 aliphatic carbocycles.